The Kier molecular flexibility index (Phi) is 7.18. The molecule has 0 atom stereocenters. The number of halogens is 1. The number of carbonyl (C=O) groups excluding carboxylic acids is 2. The molecule has 2 aliphatic heterocycles. The molecule has 4 aromatic carbocycles. The van der Waals surface area contributed by atoms with Crippen LogP contribution in [0.5, 0.6) is 11.5 Å². The summed E-state index contributed by atoms with van der Waals surface area (Å²) in [5, 5.41) is 4.42. The van der Waals surface area contributed by atoms with Crippen molar-refractivity contribution in [2.45, 2.75) is 24.8 Å². The SMILES string of the molecule is O=C(c1ccc(Oc2ccccc2)cc1)N1CCC2(CC1)CN(C(=O)c1cnn(Cc3ccccc3)c1)c1ccc(F)cc12. The van der Waals surface area contributed by atoms with Crippen molar-refractivity contribution >= 4 is 17.5 Å². The topological polar surface area (TPSA) is 67.7 Å². The summed E-state index contributed by atoms with van der Waals surface area (Å²) in [7, 11) is 0. The minimum atomic E-state index is -0.433. The number of likely N-dealkylation sites (tertiary alicyclic amines) is 1. The van der Waals surface area contributed by atoms with Gasteiger partial charge in [-0.1, -0.05) is 48.5 Å². The number of para-hydroxylation sites is 1. The number of aromatic nitrogens is 2. The molecule has 0 aliphatic carbocycles. The van der Waals surface area contributed by atoms with E-state index in [2.05, 4.69) is 5.10 Å². The zero-order valence-corrected chi connectivity index (χ0v) is 24.1. The lowest BCUT2D eigenvalue weighted by Gasteiger charge is -2.40. The number of carbonyl (C=O) groups is 2. The summed E-state index contributed by atoms with van der Waals surface area (Å²) >= 11 is 0. The van der Waals surface area contributed by atoms with Gasteiger partial charge in [-0.15, -0.1) is 0 Å². The van der Waals surface area contributed by atoms with Gasteiger partial charge in [-0.3, -0.25) is 14.3 Å². The molecule has 0 bridgehead atoms. The Hall–Kier alpha value is -5.24. The maximum absolute atomic E-state index is 14.6. The number of hydrogen-bond acceptors (Lipinski definition) is 4. The second kappa shape index (κ2) is 11.4. The third kappa shape index (κ3) is 5.35. The van der Waals surface area contributed by atoms with E-state index in [0.717, 1.165) is 22.6 Å². The molecule has 44 heavy (non-hydrogen) atoms. The van der Waals surface area contributed by atoms with Crippen LogP contribution in [-0.2, 0) is 12.0 Å². The summed E-state index contributed by atoms with van der Waals surface area (Å²) < 4.78 is 22.2. The molecule has 0 N–H and O–H groups in total. The fourth-order valence-corrected chi connectivity index (χ4v) is 6.35. The van der Waals surface area contributed by atoms with Crippen molar-refractivity contribution in [1.82, 2.24) is 14.7 Å². The van der Waals surface area contributed by atoms with Crippen LogP contribution >= 0.6 is 0 Å². The van der Waals surface area contributed by atoms with Crippen LogP contribution < -0.4 is 9.64 Å². The molecule has 7 nitrogen and oxygen atoms in total. The van der Waals surface area contributed by atoms with Gasteiger partial charge in [-0.05, 0) is 78.6 Å². The first kappa shape index (κ1) is 27.6. The third-order valence-corrected chi connectivity index (χ3v) is 8.68. The van der Waals surface area contributed by atoms with E-state index in [0.29, 0.717) is 55.9 Å². The standard InChI is InChI=1S/C36H31FN4O3/c37-29-13-16-33-32(21-29)36(25-41(33)35(43)28-22-38-40(24-28)23-26-7-3-1-4-8-26)17-19-39(20-18-36)34(42)27-11-14-31(15-12-27)44-30-9-5-2-6-10-30/h1-16,21-22,24H,17-20,23,25H2. The number of fused-ring (bicyclic) bond motifs is 2. The lowest BCUT2D eigenvalue weighted by atomic mass is 9.74. The van der Waals surface area contributed by atoms with Crippen molar-refractivity contribution in [3.05, 3.63) is 144 Å². The number of piperidine rings is 1. The summed E-state index contributed by atoms with van der Waals surface area (Å²) in [5.41, 5.74) is 3.28. The Morgan fingerprint density at radius 2 is 1.48 bits per heavy atom. The van der Waals surface area contributed by atoms with Gasteiger partial charge in [-0.2, -0.15) is 5.10 Å². The first-order valence-electron chi connectivity index (χ1n) is 14.8. The number of ether oxygens (including phenoxy) is 1. The fraction of sp³-hybridized carbons (Fsp3) is 0.194. The smallest absolute Gasteiger partial charge is 0.261 e. The summed E-state index contributed by atoms with van der Waals surface area (Å²) in [4.78, 5) is 30.8. The lowest BCUT2D eigenvalue weighted by Crippen LogP contribution is -2.47. The van der Waals surface area contributed by atoms with Crippen LogP contribution in [0.25, 0.3) is 0 Å². The van der Waals surface area contributed by atoms with Gasteiger partial charge in [-0.25, -0.2) is 4.39 Å². The number of benzene rings is 4. The molecule has 0 unspecified atom stereocenters. The van der Waals surface area contributed by atoms with E-state index < -0.39 is 5.41 Å². The van der Waals surface area contributed by atoms with E-state index in [1.54, 1.807) is 58.4 Å². The molecular weight excluding hydrogens is 555 g/mol. The second-order valence-electron chi connectivity index (χ2n) is 11.5. The normalized spacial score (nSPS) is 15.3. The third-order valence-electron chi connectivity index (χ3n) is 8.68. The Morgan fingerprint density at radius 3 is 2.20 bits per heavy atom. The number of rotatable bonds is 6. The van der Waals surface area contributed by atoms with Gasteiger partial charge in [0.15, 0.2) is 0 Å². The Morgan fingerprint density at radius 1 is 0.795 bits per heavy atom. The van der Waals surface area contributed by atoms with Crippen LogP contribution in [0.1, 0.15) is 44.7 Å². The molecule has 220 valence electrons. The van der Waals surface area contributed by atoms with Gasteiger partial charge in [0, 0.05) is 42.5 Å². The summed E-state index contributed by atoms with van der Waals surface area (Å²) in [5.74, 6) is 0.845. The molecule has 5 aromatic rings. The minimum Gasteiger partial charge on any atom is -0.457 e. The zero-order valence-electron chi connectivity index (χ0n) is 24.1. The molecule has 8 heteroatoms. The van der Waals surface area contributed by atoms with Crippen molar-refractivity contribution in [2.75, 3.05) is 24.5 Å². The molecule has 7 rings (SSSR count). The second-order valence-corrected chi connectivity index (χ2v) is 11.5. The zero-order chi connectivity index (χ0) is 30.1. The van der Waals surface area contributed by atoms with Crippen molar-refractivity contribution < 1.29 is 18.7 Å². The minimum absolute atomic E-state index is 0.0534. The Balaban J connectivity index is 1.05. The average Bonchev–Trinajstić information content (AvgIpc) is 3.65. The Bertz CT molecular complexity index is 1800. The summed E-state index contributed by atoms with van der Waals surface area (Å²) in [6.45, 7) is 2.01. The van der Waals surface area contributed by atoms with Crippen molar-refractivity contribution in [1.29, 1.82) is 0 Å². The highest BCUT2D eigenvalue weighted by atomic mass is 19.1. The molecular formula is C36H31FN4O3. The van der Waals surface area contributed by atoms with Crippen LogP contribution in [-0.4, -0.2) is 46.1 Å². The molecule has 1 fully saturated rings. The Labute approximate surface area is 255 Å². The highest BCUT2D eigenvalue weighted by molar-refractivity contribution is 6.07. The quantitative estimate of drug-likeness (QED) is 0.222. The van der Waals surface area contributed by atoms with E-state index in [1.165, 1.54) is 6.07 Å². The molecule has 0 saturated carbocycles. The van der Waals surface area contributed by atoms with Gasteiger partial charge >= 0.3 is 0 Å². The molecule has 1 saturated heterocycles. The van der Waals surface area contributed by atoms with Gasteiger partial charge in [0.05, 0.1) is 18.3 Å². The molecule has 2 aliphatic rings. The summed E-state index contributed by atoms with van der Waals surface area (Å²) in [6, 6.07) is 31.3. The first-order valence-corrected chi connectivity index (χ1v) is 14.8. The first-order chi connectivity index (χ1) is 21.5. The van der Waals surface area contributed by atoms with Crippen molar-refractivity contribution in [3.8, 4) is 11.5 Å². The monoisotopic (exact) mass is 586 g/mol. The van der Waals surface area contributed by atoms with E-state index in [4.69, 9.17) is 4.74 Å². The molecule has 2 amide bonds. The maximum Gasteiger partial charge on any atom is 0.261 e. The van der Waals surface area contributed by atoms with Gasteiger partial charge in [0.25, 0.3) is 11.8 Å². The molecule has 1 aromatic heterocycles. The molecule has 0 radical (unpaired) electrons. The largest absolute Gasteiger partial charge is 0.457 e. The van der Waals surface area contributed by atoms with Gasteiger partial charge < -0.3 is 14.5 Å². The van der Waals surface area contributed by atoms with E-state index in [9.17, 15) is 14.0 Å². The predicted octanol–water partition coefficient (Wildman–Crippen LogP) is 6.70. The van der Waals surface area contributed by atoms with Crippen LogP contribution in [0.2, 0.25) is 0 Å². The molecule has 1 spiro atoms. The average molecular weight is 587 g/mol. The number of nitrogens with zero attached hydrogens (tertiary/aromatic N) is 4. The van der Waals surface area contributed by atoms with E-state index in [1.807, 2.05) is 65.6 Å². The molecule has 3 heterocycles. The summed E-state index contributed by atoms with van der Waals surface area (Å²) in [6.07, 6.45) is 4.61. The predicted molar refractivity (Wildman–Crippen MR) is 166 cm³/mol. The van der Waals surface area contributed by atoms with Gasteiger partial charge in [0.2, 0.25) is 0 Å². The van der Waals surface area contributed by atoms with E-state index in [-0.39, 0.29) is 17.6 Å². The van der Waals surface area contributed by atoms with E-state index >= 15 is 0 Å². The van der Waals surface area contributed by atoms with Crippen molar-refractivity contribution in [2.24, 2.45) is 0 Å². The van der Waals surface area contributed by atoms with Crippen molar-refractivity contribution in [3.63, 3.8) is 0 Å². The van der Waals surface area contributed by atoms with Crippen LogP contribution in [0, 0.1) is 5.82 Å². The number of amides is 2. The van der Waals surface area contributed by atoms with Crippen LogP contribution in [0.3, 0.4) is 0 Å². The van der Waals surface area contributed by atoms with Crippen LogP contribution in [0.15, 0.2) is 116 Å². The van der Waals surface area contributed by atoms with Crippen LogP contribution in [0.4, 0.5) is 10.1 Å². The number of hydrogen-bond donors (Lipinski definition) is 0. The number of anilines is 1. The maximum atomic E-state index is 14.6. The van der Waals surface area contributed by atoms with Gasteiger partial charge in [0.1, 0.15) is 17.3 Å². The lowest BCUT2D eigenvalue weighted by molar-refractivity contribution is 0.0670. The highest BCUT2D eigenvalue weighted by Gasteiger charge is 2.47. The fourth-order valence-electron chi connectivity index (χ4n) is 6.35. The highest BCUT2D eigenvalue weighted by Crippen LogP contribution is 2.48.